The number of amides is 1. The summed E-state index contributed by atoms with van der Waals surface area (Å²) in [6, 6.07) is 18.6. The lowest BCUT2D eigenvalue weighted by Gasteiger charge is -2.35. The van der Waals surface area contributed by atoms with Crippen molar-refractivity contribution in [2.24, 2.45) is 0 Å². The third kappa shape index (κ3) is 6.23. The topological polar surface area (TPSA) is 98.7 Å². The highest BCUT2D eigenvalue weighted by molar-refractivity contribution is 6.31. The molecule has 224 valence electrons. The first-order valence-electron chi connectivity index (χ1n) is 13.9. The summed E-state index contributed by atoms with van der Waals surface area (Å²) in [5, 5.41) is 25.8. The van der Waals surface area contributed by atoms with E-state index in [1.807, 2.05) is 24.3 Å². The Morgan fingerprint density at radius 1 is 1.05 bits per heavy atom. The summed E-state index contributed by atoms with van der Waals surface area (Å²) in [4.78, 5) is 28.0. The van der Waals surface area contributed by atoms with Crippen molar-refractivity contribution in [3.63, 3.8) is 0 Å². The van der Waals surface area contributed by atoms with Gasteiger partial charge in [0.05, 0.1) is 23.8 Å². The molecular weight excluding hydrogens is 602 g/mol. The zero-order valence-electron chi connectivity index (χ0n) is 22.9. The number of rotatable bonds is 11. The Labute approximate surface area is 261 Å². The molecule has 0 saturated carbocycles. The smallest absolute Gasteiger partial charge is 0.237 e. The van der Waals surface area contributed by atoms with Crippen LogP contribution in [0.4, 0.5) is 10.1 Å². The van der Waals surface area contributed by atoms with Crippen LogP contribution in [0.5, 0.6) is 0 Å². The molecule has 1 spiro atoms. The predicted molar refractivity (Wildman–Crippen MR) is 165 cm³/mol. The van der Waals surface area contributed by atoms with E-state index in [0.717, 1.165) is 18.4 Å². The summed E-state index contributed by atoms with van der Waals surface area (Å²) >= 11 is 12.5. The van der Waals surface area contributed by atoms with Crippen molar-refractivity contribution in [2.45, 2.75) is 68.0 Å². The van der Waals surface area contributed by atoms with Gasteiger partial charge >= 0.3 is 0 Å². The van der Waals surface area contributed by atoms with Crippen LogP contribution >= 0.6 is 35.6 Å². The molecule has 0 aromatic heterocycles. The summed E-state index contributed by atoms with van der Waals surface area (Å²) in [5.41, 5.74) is 1.46. The lowest BCUT2D eigenvalue weighted by atomic mass is 9.63. The Hall–Kier alpha value is -2.52. The molecule has 1 amide bonds. The molecule has 6 nitrogen and oxygen atoms in total. The minimum absolute atomic E-state index is 0. The molecule has 0 radical (unpaired) electrons. The average molecular weight is 636 g/mol. The van der Waals surface area contributed by atoms with Gasteiger partial charge in [-0.15, -0.1) is 12.4 Å². The Kier molecular flexibility index (Phi) is 10.7. The van der Waals surface area contributed by atoms with Gasteiger partial charge in [0.25, 0.3) is 0 Å². The zero-order valence-corrected chi connectivity index (χ0v) is 25.2. The summed E-state index contributed by atoms with van der Waals surface area (Å²) < 4.78 is 15.0. The third-order valence-electron chi connectivity index (χ3n) is 8.41. The van der Waals surface area contributed by atoms with Crippen molar-refractivity contribution in [2.75, 3.05) is 11.9 Å². The number of hydrogen-bond donors (Lipinski definition) is 4. The van der Waals surface area contributed by atoms with Gasteiger partial charge in [-0.2, -0.15) is 0 Å². The number of aryl methyl sites for hydroxylation is 1. The maximum Gasteiger partial charge on any atom is 0.237 e. The molecule has 2 heterocycles. The number of aliphatic hydroxyl groups excluding tert-OH is 2. The van der Waals surface area contributed by atoms with Crippen LogP contribution in [0.15, 0.2) is 66.7 Å². The van der Waals surface area contributed by atoms with E-state index in [1.54, 1.807) is 18.2 Å². The van der Waals surface area contributed by atoms with Crippen LogP contribution in [0.2, 0.25) is 10.0 Å². The van der Waals surface area contributed by atoms with Crippen LogP contribution in [-0.2, 0) is 21.4 Å². The van der Waals surface area contributed by atoms with Gasteiger partial charge in [0.2, 0.25) is 5.91 Å². The number of fused-ring (bicyclic) bond motifs is 2. The summed E-state index contributed by atoms with van der Waals surface area (Å²) in [7, 11) is 0. The first-order valence-corrected chi connectivity index (χ1v) is 14.7. The highest BCUT2D eigenvalue weighted by Crippen LogP contribution is 2.56. The van der Waals surface area contributed by atoms with E-state index < -0.39 is 35.3 Å². The molecule has 0 bridgehead atoms. The number of carbonyl (C=O) groups excluding carboxylic acids is 2. The fraction of sp³-hybridized carbons (Fsp3) is 0.375. The van der Waals surface area contributed by atoms with Crippen LogP contribution in [0.1, 0.15) is 54.7 Å². The lowest BCUT2D eigenvalue weighted by Crippen LogP contribution is -2.48. The number of ketones is 1. The van der Waals surface area contributed by atoms with Gasteiger partial charge in [-0.05, 0) is 73.1 Å². The van der Waals surface area contributed by atoms with Gasteiger partial charge in [-0.1, -0.05) is 65.7 Å². The van der Waals surface area contributed by atoms with Gasteiger partial charge in [0, 0.05) is 29.1 Å². The van der Waals surface area contributed by atoms with Crippen molar-refractivity contribution < 1.29 is 24.2 Å². The number of anilines is 1. The molecule has 2 aliphatic heterocycles. The van der Waals surface area contributed by atoms with Crippen molar-refractivity contribution >= 4 is 53.0 Å². The normalized spacial score (nSPS) is 23.4. The first kappa shape index (κ1) is 32.4. The highest BCUT2D eigenvalue weighted by Gasteiger charge is 2.65. The third-order valence-corrected chi connectivity index (χ3v) is 8.94. The van der Waals surface area contributed by atoms with Crippen molar-refractivity contribution in [3.8, 4) is 0 Å². The highest BCUT2D eigenvalue weighted by atomic mass is 35.5. The first-order chi connectivity index (χ1) is 19.7. The molecule has 1 saturated heterocycles. The second-order valence-electron chi connectivity index (χ2n) is 10.9. The van der Waals surface area contributed by atoms with E-state index in [1.165, 1.54) is 12.1 Å². The van der Waals surface area contributed by atoms with E-state index >= 15 is 4.39 Å². The summed E-state index contributed by atoms with van der Waals surface area (Å²) in [6.07, 6.45) is 1.94. The van der Waals surface area contributed by atoms with E-state index in [2.05, 4.69) is 22.8 Å². The monoisotopic (exact) mass is 634 g/mol. The number of halogens is 4. The molecule has 0 unspecified atom stereocenters. The maximum atomic E-state index is 15.0. The summed E-state index contributed by atoms with van der Waals surface area (Å²) in [5.74, 6) is -1.76. The molecular formula is C32H34Cl3FN2O4. The molecule has 10 heteroatoms. The van der Waals surface area contributed by atoms with E-state index in [-0.39, 0.29) is 48.6 Å². The number of carbonyl (C=O) groups is 2. The van der Waals surface area contributed by atoms with Gasteiger partial charge in [0.15, 0.2) is 0 Å². The molecule has 5 rings (SSSR count). The van der Waals surface area contributed by atoms with Crippen LogP contribution in [-0.4, -0.2) is 46.7 Å². The number of benzene rings is 3. The zero-order chi connectivity index (χ0) is 29.1. The molecule has 1 fully saturated rings. The summed E-state index contributed by atoms with van der Waals surface area (Å²) in [6.45, 7) is -0.376. The van der Waals surface area contributed by atoms with Crippen molar-refractivity contribution in [1.82, 2.24) is 5.32 Å². The van der Waals surface area contributed by atoms with Crippen LogP contribution in [0.25, 0.3) is 0 Å². The van der Waals surface area contributed by atoms with Gasteiger partial charge < -0.3 is 20.8 Å². The van der Waals surface area contributed by atoms with Crippen molar-refractivity contribution in [3.05, 3.63) is 99.3 Å². The maximum absolute atomic E-state index is 15.0. The largest absolute Gasteiger partial charge is 0.394 e. The second kappa shape index (κ2) is 13.8. The number of Topliss-reactive ketones (excluding diaryl/α,β-unsaturated/α-hetero) is 1. The second-order valence-corrected chi connectivity index (χ2v) is 11.8. The molecule has 3 aromatic rings. The minimum Gasteiger partial charge on any atom is -0.394 e. The molecule has 2 aliphatic rings. The van der Waals surface area contributed by atoms with Gasteiger partial charge in [0.1, 0.15) is 17.0 Å². The minimum atomic E-state index is -1.30. The van der Waals surface area contributed by atoms with E-state index in [4.69, 9.17) is 23.2 Å². The standard InChI is InChI=1S/C32H33Cl2FN2O4.ClH/c33-21-11-5-10-20(15-21)29-30(27(40)13-6-12-22(39)18-38)37-28(14-4-9-19-7-2-1-3-8-19)32(29)23-16-25(35)24(34)17-26(23)36-31(32)41;/h1-3,5,7-8,10-11,15-17,22,28-30,37-39H,4,6,9,12-14,18H2,(H,36,41);1H/t22-,28+,29-,30-,32-;/m0./s1. The molecule has 3 aromatic carbocycles. The molecule has 0 aliphatic carbocycles. The Morgan fingerprint density at radius 2 is 1.81 bits per heavy atom. The van der Waals surface area contributed by atoms with Crippen LogP contribution in [0.3, 0.4) is 0 Å². The Morgan fingerprint density at radius 3 is 2.52 bits per heavy atom. The number of nitrogens with one attached hydrogen (secondary N) is 2. The number of hydrogen-bond acceptors (Lipinski definition) is 5. The van der Waals surface area contributed by atoms with E-state index in [9.17, 15) is 19.8 Å². The molecule has 42 heavy (non-hydrogen) atoms. The van der Waals surface area contributed by atoms with Crippen LogP contribution < -0.4 is 10.6 Å². The molecule has 4 N–H and O–H groups in total. The van der Waals surface area contributed by atoms with Crippen LogP contribution in [0, 0.1) is 5.82 Å². The quantitative estimate of drug-likeness (QED) is 0.208. The molecule has 5 atom stereocenters. The SMILES string of the molecule is Cl.O=C(CCC[C@H](O)CO)[C@@H]1N[C@H](CCCc2ccccc2)[C@]2(C(=O)Nc3cc(Cl)c(F)cc32)[C@H]1c1cccc(Cl)c1. The Balaban J connectivity index is 0.00000405. The predicted octanol–water partition coefficient (Wildman–Crippen LogP) is 5.98. The lowest BCUT2D eigenvalue weighted by molar-refractivity contribution is -0.122. The number of aliphatic hydroxyl groups is 2. The van der Waals surface area contributed by atoms with Crippen molar-refractivity contribution in [1.29, 1.82) is 0 Å². The van der Waals surface area contributed by atoms with E-state index in [0.29, 0.717) is 34.7 Å². The Bertz CT molecular complexity index is 1430. The fourth-order valence-corrected chi connectivity index (χ4v) is 6.94. The van der Waals surface area contributed by atoms with Gasteiger partial charge in [-0.3, -0.25) is 9.59 Å². The fourth-order valence-electron chi connectivity index (χ4n) is 6.58. The average Bonchev–Trinajstić information content (AvgIpc) is 3.44. The van der Waals surface area contributed by atoms with Gasteiger partial charge in [-0.25, -0.2) is 4.39 Å².